The quantitative estimate of drug-likeness (QED) is 0.852. The molecule has 114 valence electrons. The lowest BCUT2D eigenvalue weighted by Crippen LogP contribution is -2.56. The Bertz CT molecular complexity index is 599. The molecule has 0 fully saturated rings. The average molecular weight is 309 g/mol. The summed E-state index contributed by atoms with van der Waals surface area (Å²) in [5, 5.41) is 8.95. The van der Waals surface area contributed by atoms with Gasteiger partial charge in [-0.2, -0.15) is 22.0 Å². The third-order valence-corrected chi connectivity index (χ3v) is 3.10. The van der Waals surface area contributed by atoms with Crippen molar-refractivity contribution in [1.82, 2.24) is 0 Å². The number of rotatable bonds is 2. The summed E-state index contributed by atoms with van der Waals surface area (Å²) >= 11 is 0. The molecule has 1 amide bonds. The lowest BCUT2D eigenvalue weighted by Gasteiger charge is -2.28. The van der Waals surface area contributed by atoms with Crippen molar-refractivity contribution in [1.29, 1.82) is 0 Å². The lowest BCUT2D eigenvalue weighted by molar-refractivity contribution is -0.268. The predicted molar refractivity (Wildman–Crippen MR) is 60.1 cm³/mol. The van der Waals surface area contributed by atoms with Crippen molar-refractivity contribution in [3.63, 3.8) is 0 Å². The summed E-state index contributed by atoms with van der Waals surface area (Å²) in [7, 11) is 0. The van der Waals surface area contributed by atoms with Gasteiger partial charge in [0.15, 0.2) is 0 Å². The standard InChI is InChI=1S/C12H8F5NO3/c13-11(14,12(15,16)17)10(21)18-7-4-2-1-3-6(7)5-8(18)9(19)20/h1-4,8H,5H2,(H,19,20). The summed E-state index contributed by atoms with van der Waals surface area (Å²) in [5.74, 6) is -9.90. The molecule has 0 saturated carbocycles. The zero-order valence-corrected chi connectivity index (χ0v) is 10.2. The summed E-state index contributed by atoms with van der Waals surface area (Å²) in [6.07, 6.45) is -6.42. The summed E-state index contributed by atoms with van der Waals surface area (Å²) in [4.78, 5) is 22.6. The van der Waals surface area contributed by atoms with Crippen molar-refractivity contribution in [3.05, 3.63) is 29.8 Å². The van der Waals surface area contributed by atoms with E-state index in [4.69, 9.17) is 5.11 Å². The fourth-order valence-electron chi connectivity index (χ4n) is 2.11. The second-order valence-electron chi connectivity index (χ2n) is 4.43. The fraction of sp³-hybridized carbons (Fsp3) is 0.333. The second kappa shape index (κ2) is 4.68. The van der Waals surface area contributed by atoms with Gasteiger partial charge in [0.1, 0.15) is 6.04 Å². The first-order valence-electron chi connectivity index (χ1n) is 5.66. The number of carbonyl (C=O) groups is 2. The maximum Gasteiger partial charge on any atom is 0.463 e. The Kier molecular flexibility index (Phi) is 3.38. The van der Waals surface area contributed by atoms with Crippen LogP contribution in [0.3, 0.4) is 0 Å². The van der Waals surface area contributed by atoms with E-state index < -0.39 is 30.0 Å². The number of anilines is 1. The molecule has 4 nitrogen and oxygen atoms in total. The van der Waals surface area contributed by atoms with Crippen LogP contribution in [0.5, 0.6) is 0 Å². The van der Waals surface area contributed by atoms with E-state index in [9.17, 15) is 31.5 Å². The number of hydrogen-bond donors (Lipinski definition) is 1. The Balaban J connectivity index is 2.49. The number of hydrogen-bond acceptors (Lipinski definition) is 2. The van der Waals surface area contributed by atoms with Gasteiger partial charge in [-0.3, -0.25) is 9.69 Å². The molecule has 1 aromatic rings. The highest BCUT2D eigenvalue weighted by atomic mass is 19.4. The molecule has 0 saturated heterocycles. The molecule has 1 N–H and O–H groups in total. The number of aliphatic carboxylic acids is 1. The van der Waals surface area contributed by atoms with Crippen LogP contribution in [0.15, 0.2) is 24.3 Å². The van der Waals surface area contributed by atoms with Gasteiger partial charge >= 0.3 is 24.0 Å². The van der Waals surface area contributed by atoms with Gasteiger partial charge in [0.05, 0.1) is 0 Å². The van der Waals surface area contributed by atoms with E-state index in [0.29, 0.717) is 0 Å². The Hall–Kier alpha value is -2.19. The molecule has 1 heterocycles. The van der Waals surface area contributed by atoms with Gasteiger partial charge in [0, 0.05) is 12.1 Å². The second-order valence-corrected chi connectivity index (χ2v) is 4.43. The predicted octanol–water partition coefficient (Wildman–Crippen LogP) is 2.23. The molecular weight excluding hydrogens is 301 g/mol. The van der Waals surface area contributed by atoms with E-state index in [1.807, 2.05) is 0 Å². The molecule has 21 heavy (non-hydrogen) atoms. The highest BCUT2D eigenvalue weighted by Gasteiger charge is 2.66. The van der Waals surface area contributed by atoms with Gasteiger partial charge in [-0.15, -0.1) is 0 Å². The Morgan fingerprint density at radius 3 is 2.24 bits per heavy atom. The summed E-state index contributed by atoms with van der Waals surface area (Å²) < 4.78 is 63.3. The van der Waals surface area contributed by atoms with Crippen LogP contribution < -0.4 is 4.90 Å². The van der Waals surface area contributed by atoms with Crippen molar-refractivity contribution in [2.75, 3.05) is 4.90 Å². The molecule has 1 aliphatic heterocycles. The highest BCUT2D eigenvalue weighted by molar-refractivity contribution is 6.05. The third-order valence-electron chi connectivity index (χ3n) is 3.10. The monoisotopic (exact) mass is 309 g/mol. The normalized spacial score (nSPS) is 18.5. The molecule has 1 aliphatic rings. The number of carbonyl (C=O) groups excluding carboxylic acids is 1. The zero-order valence-electron chi connectivity index (χ0n) is 10.2. The molecule has 0 radical (unpaired) electrons. The number of alkyl halides is 5. The highest BCUT2D eigenvalue weighted by Crippen LogP contribution is 2.41. The van der Waals surface area contributed by atoms with E-state index in [1.54, 1.807) is 0 Å². The number of amides is 1. The van der Waals surface area contributed by atoms with Crippen LogP contribution in [0, 0.1) is 0 Å². The number of benzene rings is 1. The number of para-hydroxylation sites is 1. The van der Waals surface area contributed by atoms with Crippen LogP contribution in [0.1, 0.15) is 5.56 Å². The Labute approximate surface area is 114 Å². The van der Waals surface area contributed by atoms with Gasteiger partial charge in [-0.25, -0.2) is 4.79 Å². The first-order valence-corrected chi connectivity index (χ1v) is 5.66. The van der Waals surface area contributed by atoms with Crippen molar-refractivity contribution in [2.24, 2.45) is 0 Å². The fourth-order valence-corrected chi connectivity index (χ4v) is 2.11. The van der Waals surface area contributed by atoms with E-state index in [1.165, 1.54) is 18.2 Å². The minimum Gasteiger partial charge on any atom is -0.480 e. The van der Waals surface area contributed by atoms with Crippen LogP contribution in [0.4, 0.5) is 27.6 Å². The number of carboxylic acid groups (broad SMARTS) is 1. The molecule has 0 aliphatic carbocycles. The lowest BCUT2D eigenvalue weighted by atomic mass is 10.1. The van der Waals surface area contributed by atoms with Crippen molar-refractivity contribution >= 4 is 17.6 Å². The smallest absolute Gasteiger partial charge is 0.463 e. The summed E-state index contributed by atoms with van der Waals surface area (Å²) in [5.41, 5.74) is -0.0324. The number of fused-ring (bicyclic) bond motifs is 1. The summed E-state index contributed by atoms with van der Waals surface area (Å²) in [6.45, 7) is 0. The Morgan fingerprint density at radius 2 is 1.71 bits per heavy atom. The molecule has 0 bridgehead atoms. The molecule has 2 rings (SSSR count). The molecule has 1 atom stereocenters. The number of nitrogens with zero attached hydrogens (tertiary/aromatic N) is 1. The maximum atomic E-state index is 13.2. The van der Waals surface area contributed by atoms with Crippen molar-refractivity contribution < 1.29 is 36.6 Å². The van der Waals surface area contributed by atoms with E-state index in [-0.39, 0.29) is 22.6 Å². The third kappa shape index (κ3) is 2.32. The van der Waals surface area contributed by atoms with Gasteiger partial charge in [-0.05, 0) is 11.6 Å². The van der Waals surface area contributed by atoms with Crippen LogP contribution in [0.2, 0.25) is 0 Å². The van der Waals surface area contributed by atoms with E-state index in [2.05, 4.69) is 0 Å². The van der Waals surface area contributed by atoms with E-state index in [0.717, 1.165) is 6.07 Å². The summed E-state index contributed by atoms with van der Waals surface area (Å²) in [6, 6.07) is 3.48. The first-order chi connectivity index (χ1) is 9.57. The molecule has 1 aromatic carbocycles. The van der Waals surface area contributed by atoms with E-state index >= 15 is 0 Å². The maximum absolute atomic E-state index is 13.2. The van der Waals surface area contributed by atoms with Gasteiger partial charge in [-0.1, -0.05) is 18.2 Å². The minimum absolute atomic E-state index is 0.00512. The zero-order chi connectivity index (χ0) is 16.0. The van der Waals surface area contributed by atoms with Gasteiger partial charge < -0.3 is 5.11 Å². The van der Waals surface area contributed by atoms with Gasteiger partial charge in [0.2, 0.25) is 0 Å². The molecule has 0 spiro atoms. The molecular formula is C12H8F5NO3. The first kappa shape index (κ1) is 15.2. The average Bonchev–Trinajstić information content (AvgIpc) is 2.75. The number of halogens is 5. The van der Waals surface area contributed by atoms with Crippen LogP contribution >= 0.6 is 0 Å². The number of carboxylic acids is 1. The largest absolute Gasteiger partial charge is 0.480 e. The SMILES string of the molecule is O=C(O)C1Cc2ccccc2N1C(=O)C(F)(F)C(F)(F)F. The molecule has 9 heteroatoms. The van der Waals surface area contributed by atoms with Crippen LogP contribution in [-0.4, -0.2) is 35.1 Å². The van der Waals surface area contributed by atoms with Crippen LogP contribution in [0.25, 0.3) is 0 Å². The Morgan fingerprint density at radius 1 is 1.14 bits per heavy atom. The van der Waals surface area contributed by atoms with Crippen molar-refractivity contribution in [3.8, 4) is 0 Å². The van der Waals surface area contributed by atoms with Crippen LogP contribution in [-0.2, 0) is 16.0 Å². The molecule has 1 unspecified atom stereocenters. The topological polar surface area (TPSA) is 57.6 Å². The van der Waals surface area contributed by atoms with Crippen molar-refractivity contribution in [2.45, 2.75) is 24.6 Å². The minimum atomic E-state index is -6.09. The van der Waals surface area contributed by atoms with Gasteiger partial charge in [0.25, 0.3) is 0 Å². The molecule has 0 aromatic heterocycles.